The van der Waals surface area contributed by atoms with Crippen LogP contribution >= 0.6 is 22.6 Å². The summed E-state index contributed by atoms with van der Waals surface area (Å²) in [7, 11) is -2.22. The van der Waals surface area contributed by atoms with Gasteiger partial charge < -0.3 is 10.6 Å². The zero-order chi connectivity index (χ0) is 21.9. The lowest BCUT2D eigenvalue weighted by molar-refractivity contribution is 0.264. The van der Waals surface area contributed by atoms with Gasteiger partial charge in [0.1, 0.15) is 11.5 Å². The van der Waals surface area contributed by atoms with Gasteiger partial charge in [0.15, 0.2) is 11.6 Å². The van der Waals surface area contributed by atoms with E-state index in [1.54, 1.807) is 13.1 Å². The zero-order valence-corrected chi connectivity index (χ0v) is 19.2. The third-order valence-electron chi connectivity index (χ3n) is 4.84. The van der Waals surface area contributed by atoms with Crippen molar-refractivity contribution >= 4 is 49.9 Å². The van der Waals surface area contributed by atoms with E-state index in [2.05, 4.69) is 15.4 Å². The van der Waals surface area contributed by atoms with E-state index in [4.69, 9.17) is 0 Å². The summed E-state index contributed by atoms with van der Waals surface area (Å²) in [5, 5.41) is 5.52. The maximum atomic E-state index is 14.5. The molecule has 30 heavy (non-hydrogen) atoms. The Labute approximate surface area is 187 Å². The molecule has 1 fully saturated rings. The van der Waals surface area contributed by atoms with Crippen molar-refractivity contribution in [2.45, 2.75) is 12.8 Å². The van der Waals surface area contributed by atoms with Gasteiger partial charge in [-0.05, 0) is 85.3 Å². The summed E-state index contributed by atoms with van der Waals surface area (Å²) in [6.07, 6.45) is 1.60. The third-order valence-corrected chi connectivity index (χ3v) is 7.00. The minimum absolute atomic E-state index is 0.104. The minimum Gasteiger partial charge on any atom is -0.349 e. The smallest absolute Gasteiger partial charge is 0.301 e. The highest BCUT2D eigenvalue weighted by Gasteiger charge is 2.30. The molecule has 164 valence electrons. The van der Waals surface area contributed by atoms with Crippen molar-refractivity contribution < 1.29 is 21.6 Å². The molecule has 2 aromatic carbocycles. The van der Waals surface area contributed by atoms with E-state index in [-0.39, 0.29) is 17.3 Å². The van der Waals surface area contributed by atoms with E-state index in [1.807, 2.05) is 22.6 Å². The molecule has 3 rings (SSSR count). The molecule has 0 spiro atoms. The lowest BCUT2D eigenvalue weighted by atomic mass is 10.00. The molecule has 0 saturated carbocycles. The monoisotopic (exact) mass is 554 g/mol. The number of piperidine rings is 1. The Bertz CT molecular complexity index is 1020. The number of rotatable bonds is 7. The molecule has 3 N–H and O–H groups in total. The number of halogens is 4. The van der Waals surface area contributed by atoms with Gasteiger partial charge in [0.2, 0.25) is 0 Å². The molecule has 11 heteroatoms. The predicted molar refractivity (Wildman–Crippen MR) is 120 cm³/mol. The average molecular weight is 554 g/mol. The predicted octanol–water partition coefficient (Wildman–Crippen LogP) is 4.04. The first-order valence-corrected chi connectivity index (χ1v) is 11.9. The molecule has 1 saturated heterocycles. The summed E-state index contributed by atoms with van der Waals surface area (Å²) in [4.78, 5) is 0. The molecular weight excluding hydrogens is 532 g/mol. The summed E-state index contributed by atoms with van der Waals surface area (Å²) in [6.45, 7) is 1.32. The second-order valence-corrected chi connectivity index (χ2v) is 9.98. The standard InChI is InChI=1S/C19H22F3IN4O2S/c1-24-10-12-3-2-8-27(11-12)30(28,29)26-17-7-5-14(20)18(22)19(17)25-16-6-4-13(23)9-15(16)21/h4-7,9,12,24-26H,2-3,8,10-11H2,1H3. The molecule has 1 aliphatic heterocycles. The maximum absolute atomic E-state index is 14.5. The number of anilines is 3. The largest absolute Gasteiger partial charge is 0.349 e. The Morgan fingerprint density at radius 1 is 1.13 bits per heavy atom. The molecule has 1 aliphatic rings. The van der Waals surface area contributed by atoms with Crippen molar-refractivity contribution in [1.29, 1.82) is 0 Å². The van der Waals surface area contributed by atoms with Gasteiger partial charge in [0.05, 0.1) is 11.4 Å². The van der Waals surface area contributed by atoms with Crippen molar-refractivity contribution in [3.63, 3.8) is 0 Å². The number of nitrogens with zero attached hydrogens (tertiary/aromatic N) is 1. The average Bonchev–Trinajstić information content (AvgIpc) is 2.69. The molecule has 0 bridgehead atoms. The zero-order valence-electron chi connectivity index (χ0n) is 16.2. The van der Waals surface area contributed by atoms with Crippen LogP contribution in [0.4, 0.5) is 30.2 Å². The first kappa shape index (κ1) is 23.1. The highest BCUT2D eigenvalue weighted by atomic mass is 127. The second kappa shape index (κ2) is 9.71. The Morgan fingerprint density at radius 3 is 2.57 bits per heavy atom. The van der Waals surface area contributed by atoms with Gasteiger partial charge in [-0.2, -0.15) is 12.7 Å². The van der Waals surface area contributed by atoms with E-state index in [0.29, 0.717) is 29.6 Å². The fraction of sp³-hybridized carbons (Fsp3) is 0.368. The second-order valence-electron chi connectivity index (χ2n) is 7.06. The highest BCUT2D eigenvalue weighted by molar-refractivity contribution is 14.1. The number of benzene rings is 2. The highest BCUT2D eigenvalue weighted by Crippen LogP contribution is 2.33. The molecule has 6 nitrogen and oxygen atoms in total. The van der Waals surface area contributed by atoms with Gasteiger partial charge in [-0.25, -0.2) is 13.2 Å². The van der Waals surface area contributed by atoms with Crippen molar-refractivity contribution in [2.24, 2.45) is 5.92 Å². The molecule has 1 unspecified atom stereocenters. The van der Waals surface area contributed by atoms with Crippen LogP contribution in [-0.4, -0.2) is 39.4 Å². The molecule has 0 radical (unpaired) electrons. The van der Waals surface area contributed by atoms with Gasteiger partial charge >= 0.3 is 10.2 Å². The Morgan fingerprint density at radius 2 is 1.87 bits per heavy atom. The van der Waals surface area contributed by atoms with Crippen LogP contribution in [0.25, 0.3) is 0 Å². The van der Waals surface area contributed by atoms with E-state index < -0.39 is 33.3 Å². The minimum atomic E-state index is -4.02. The van der Waals surface area contributed by atoms with E-state index in [1.165, 1.54) is 16.4 Å². The quantitative estimate of drug-likeness (QED) is 0.452. The van der Waals surface area contributed by atoms with Crippen LogP contribution in [0.5, 0.6) is 0 Å². The van der Waals surface area contributed by atoms with Crippen molar-refractivity contribution in [2.75, 3.05) is 36.7 Å². The van der Waals surface area contributed by atoms with Gasteiger partial charge in [0.25, 0.3) is 0 Å². The van der Waals surface area contributed by atoms with Gasteiger partial charge in [-0.1, -0.05) is 0 Å². The Kier molecular flexibility index (Phi) is 7.47. The van der Waals surface area contributed by atoms with Crippen LogP contribution in [0, 0.1) is 26.9 Å². The van der Waals surface area contributed by atoms with Crippen LogP contribution in [0.15, 0.2) is 30.3 Å². The van der Waals surface area contributed by atoms with Crippen LogP contribution < -0.4 is 15.4 Å². The van der Waals surface area contributed by atoms with Crippen molar-refractivity contribution in [1.82, 2.24) is 9.62 Å². The van der Waals surface area contributed by atoms with Crippen molar-refractivity contribution in [3.05, 3.63) is 51.4 Å². The first-order chi connectivity index (χ1) is 14.2. The van der Waals surface area contributed by atoms with Gasteiger partial charge in [-0.15, -0.1) is 0 Å². The molecule has 0 aromatic heterocycles. The molecule has 1 atom stereocenters. The summed E-state index contributed by atoms with van der Waals surface area (Å²) >= 11 is 1.92. The fourth-order valence-electron chi connectivity index (χ4n) is 3.39. The van der Waals surface area contributed by atoms with Crippen LogP contribution in [0.3, 0.4) is 0 Å². The summed E-state index contributed by atoms with van der Waals surface area (Å²) in [6, 6.07) is 6.11. The summed E-state index contributed by atoms with van der Waals surface area (Å²) in [5.74, 6) is -3.01. The van der Waals surface area contributed by atoms with Crippen LogP contribution in [0.2, 0.25) is 0 Å². The number of hydrogen-bond donors (Lipinski definition) is 3. The Hall–Kier alpha value is -1.57. The van der Waals surface area contributed by atoms with E-state index in [9.17, 15) is 21.6 Å². The number of nitrogens with one attached hydrogen (secondary N) is 3. The molecule has 0 amide bonds. The Balaban J connectivity index is 1.89. The topological polar surface area (TPSA) is 73.5 Å². The summed E-state index contributed by atoms with van der Waals surface area (Å²) in [5.41, 5.74) is -0.794. The first-order valence-electron chi connectivity index (χ1n) is 9.34. The van der Waals surface area contributed by atoms with E-state index >= 15 is 0 Å². The van der Waals surface area contributed by atoms with Gasteiger partial charge in [-0.3, -0.25) is 4.72 Å². The number of hydrogen-bond acceptors (Lipinski definition) is 4. The third kappa shape index (κ3) is 5.37. The lowest BCUT2D eigenvalue weighted by Gasteiger charge is -2.32. The molecule has 2 aromatic rings. The molecular formula is C19H22F3IN4O2S. The SMILES string of the molecule is CNCC1CCCN(S(=O)(=O)Nc2ccc(F)c(F)c2Nc2ccc(I)cc2F)C1. The van der Waals surface area contributed by atoms with E-state index in [0.717, 1.165) is 18.6 Å². The van der Waals surface area contributed by atoms with Crippen molar-refractivity contribution in [3.8, 4) is 0 Å². The van der Waals surface area contributed by atoms with Crippen LogP contribution in [0.1, 0.15) is 12.8 Å². The molecule has 0 aliphatic carbocycles. The van der Waals surface area contributed by atoms with Gasteiger partial charge in [0, 0.05) is 16.7 Å². The maximum Gasteiger partial charge on any atom is 0.301 e. The normalized spacial score (nSPS) is 17.7. The molecule has 1 heterocycles. The lowest BCUT2D eigenvalue weighted by Crippen LogP contribution is -2.44. The fourth-order valence-corrected chi connectivity index (χ4v) is 5.19. The van der Waals surface area contributed by atoms with Crippen LogP contribution in [-0.2, 0) is 10.2 Å². The summed E-state index contributed by atoms with van der Waals surface area (Å²) < 4.78 is 72.6.